The van der Waals surface area contributed by atoms with Gasteiger partial charge < -0.3 is 24.6 Å². The predicted molar refractivity (Wildman–Crippen MR) is 96.3 cm³/mol. The zero-order valence-electron chi connectivity index (χ0n) is 14.6. The third-order valence-electron chi connectivity index (χ3n) is 3.56. The largest absolute Gasteiger partial charge is 0.497 e. The molecule has 0 saturated heterocycles. The fraction of sp³-hybridized carbons (Fsp3) is 0.167. The van der Waals surface area contributed by atoms with Crippen molar-refractivity contribution in [3.05, 3.63) is 53.9 Å². The molecular weight excluding hydrogens is 336 g/mol. The summed E-state index contributed by atoms with van der Waals surface area (Å²) >= 11 is 0. The quantitative estimate of drug-likeness (QED) is 0.700. The summed E-state index contributed by atoms with van der Waals surface area (Å²) in [4.78, 5) is 16.6. The van der Waals surface area contributed by atoms with E-state index in [2.05, 4.69) is 20.8 Å². The van der Waals surface area contributed by atoms with Crippen LogP contribution in [0.5, 0.6) is 11.5 Å². The normalized spacial score (nSPS) is 10.3. The summed E-state index contributed by atoms with van der Waals surface area (Å²) in [7, 11) is 3.15. The Bertz CT molecular complexity index is 923. The van der Waals surface area contributed by atoms with Crippen molar-refractivity contribution in [1.29, 1.82) is 0 Å². The Kier molecular flexibility index (Phi) is 5.02. The number of carbonyl (C=O) groups excluding carboxylic acids is 1. The van der Waals surface area contributed by atoms with Crippen molar-refractivity contribution in [1.82, 2.24) is 10.1 Å². The minimum atomic E-state index is -0.314. The van der Waals surface area contributed by atoms with Crippen LogP contribution in [-0.4, -0.2) is 30.3 Å². The number of hydrogen-bond donors (Lipinski definition) is 2. The first-order valence-electron chi connectivity index (χ1n) is 7.79. The highest BCUT2D eigenvalue weighted by Gasteiger charge is 2.11. The Morgan fingerprint density at radius 1 is 1.08 bits per heavy atom. The molecular formula is C18H18N4O4. The van der Waals surface area contributed by atoms with Crippen LogP contribution in [0.15, 0.2) is 47.1 Å². The van der Waals surface area contributed by atoms with E-state index < -0.39 is 0 Å². The summed E-state index contributed by atoms with van der Waals surface area (Å²) < 4.78 is 15.5. The maximum absolute atomic E-state index is 12.3. The lowest BCUT2D eigenvalue weighted by Gasteiger charge is -2.12. The molecule has 0 bridgehead atoms. The smallest absolute Gasteiger partial charge is 0.257 e. The highest BCUT2D eigenvalue weighted by Crippen LogP contribution is 2.31. The molecule has 26 heavy (non-hydrogen) atoms. The van der Waals surface area contributed by atoms with Crippen LogP contribution in [0.1, 0.15) is 16.1 Å². The second-order valence-electron chi connectivity index (χ2n) is 5.40. The van der Waals surface area contributed by atoms with Crippen molar-refractivity contribution in [2.75, 3.05) is 24.9 Å². The molecule has 0 saturated carbocycles. The van der Waals surface area contributed by atoms with Gasteiger partial charge in [-0.1, -0.05) is 5.16 Å². The summed E-state index contributed by atoms with van der Waals surface area (Å²) in [5.74, 6) is 2.43. The van der Waals surface area contributed by atoms with Gasteiger partial charge in [0.05, 0.1) is 19.9 Å². The number of aromatic nitrogens is 2. The number of benzene rings is 1. The van der Waals surface area contributed by atoms with Crippen LogP contribution in [-0.2, 0) is 0 Å². The lowest BCUT2D eigenvalue weighted by atomic mass is 10.2. The van der Waals surface area contributed by atoms with Gasteiger partial charge in [-0.3, -0.25) is 4.79 Å². The number of ether oxygens (including phenoxy) is 2. The summed E-state index contributed by atoms with van der Waals surface area (Å²) in [5.41, 5.74) is 1.13. The number of pyridine rings is 1. The van der Waals surface area contributed by atoms with Gasteiger partial charge in [0, 0.05) is 23.9 Å². The van der Waals surface area contributed by atoms with Crippen LogP contribution >= 0.6 is 0 Å². The van der Waals surface area contributed by atoms with Gasteiger partial charge >= 0.3 is 0 Å². The van der Waals surface area contributed by atoms with Crippen molar-refractivity contribution in [2.45, 2.75) is 6.92 Å². The molecule has 2 heterocycles. The van der Waals surface area contributed by atoms with Crippen LogP contribution in [0.25, 0.3) is 0 Å². The molecule has 3 aromatic rings. The van der Waals surface area contributed by atoms with Crippen molar-refractivity contribution in [3.8, 4) is 11.5 Å². The standard InChI is InChI=1S/C18H18N4O4/c1-11-8-17(22-26-11)21-18(23)12-6-7-19-16(9-12)20-14-5-4-13(24-2)10-15(14)25-3/h4-10H,1-3H3,(H,19,20)(H,21,22,23). The van der Waals surface area contributed by atoms with Crippen LogP contribution < -0.4 is 20.1 Å². The van der Waals surface area contributed by atoms with Crippen molar-refractivity contribution >= 4 is 23.2 Å². The van der Waals surface area contributed by atoms with E-state index in [1.54, 1.807) is 57.7 Å². The van der Waals surface area contributed by atoms with E-state index in [1.165, 1.54) is 0 Å². The number of amides is 1. The Morgan fingerprint density at radius 3 is 2.62 bits per heavy atom. The summed E-state index contributed by atoms with van der Waals surface area (Å²) in [6.45, 7) is 1.75. The van der Waals surface area contributed by atoms with Crippen LogP contribution in [0.3, 0.4) is 0 Å². The van der Waals surface area contributed by atoms with Gasteiger partial charge in [-0.2, -0.15) is 0 Å². The topological polar surface area (TPSA) is 98.5 Å². The van der Waals surface area contributed by atoms with Gasteiger partial charge in [-0.05, 0) is 31.2 Å². The molecule has 1 amide bonds. The number of rotatable bonds is 6. The van der Waals surface area contributed by atoms with Crippen molar-refractivity contribution < 1.29 is 18.8 Å². The number of carbonyl (C=O) groups is 1. The second-order valence-corrected chi connectivity index (χ2v) is 5.40. The number of anilines is 3. The Balaban J connectivity index is 1.78. The van der Waals surface area contributed by atoms with Gasteiger partial charge in [-0.15, -0.1) is 0 Å². The Morgan fingerprint density at radius 2 is 1.92 bits per heavy atom. The summed E-state index contributed by atoms with van der Waals surface area (Å²) in [6.07, 6.45) is 1.54. The maximum Gasteiger partial charge on any atom is 0.257 e. The molecule has 0 atom stereocenters. The fourth-order valence-corrected chi connectivity index (χ4v) is 2.29. The van der Waals surface area contributed by atoms with E-state index >= 15 is 0 Å². The molecule has 0 aliphatic rings. The fourth-order valence-electron chi connectivity index (χ4n) is 2.29. The van der Waals surface area contributed by atoms with Crippen LogP contribution in [0, 0.1) is 6.92 Å². The molecule has 2 N–H and O–H groups in total. The Hall–Kier alpha value is -3.55. The Labute approximate surface area is 150 Å². The number of methoxy groups -OCH3 is 2. The highest BCUT2D eigenvalue weighted by molar-refractivity contribution is 6.04. The van der Waals surface area contributed by atoms with Gasteiger partial charge in [-0.25, -0.2) is 4.98 Å². The van der Waals surface area contributed by atoms with Gasteiger partial charge in [0.2, 0.25) is 0 Å². The molecule has 0 spiro atoms. The molecule has 0 fully saturated rings. The monoisotopic (exact) mass is 354 g/mol. The number of nitrogens with one attached hydrogen (secondary N) is 2. The molecule has 2 aromatic heterocycles. The summed E-state index contributed by atoms with van der Waals surface area (Å²) in [6, 6.07) is 10.2. The van der Waals surface area contributed by atoms with E-state index in [-0.39, 0.29) is 5.91 Å². The minimum Gasteiger partial charge on any atom is -0.497 e. The van der Waals surface area contributed by atoms with Gasteiger partial charge in [0.25, 0.3) is 5.91 Å². The average Bonchev–Trinajstić information content (AvgIpc) is 3.07. The zero-order chi connectivity index (χ0) is 18.5. The highest BCUT2D eigenvalue weighted by atomic mass is 16.5. The van der Waals surface area contributed by atoms with E-state index in [4.69, 9.17) is 14.0 Å². The number of aryl methyl sites for hydroxylation is 1. The summed E-state index contributed by atoms with van der Waals surface area (Å²) in [5, 5.41) is 9.54. The molecule has 3 rings (SSSR count). The van der Waals surface area contributed by atoms with E-state index in [1.807, 2.05) is 6.07 Å². The maximum atomic E-state index is 12.3. The number of nitrogens with zero attached hydrogens (tertiary/aromatic N) is 2. The first kappa shape index (κ1) is 17.3. The lowest BCUT2D eigenvalue weighted by Crippen LogP contribution is -2.12. The SMILES string of the molecule is COc1ccc(Nc2cc(C(=O)Nc3cc(C)on3)ccn2)c(OC)c1. The second kappa shape index (κ2) is 7.56. The molecule has 1 aromatic carbocycles. The first-order valence-corrected chi connectivity index (χ1v) is 7.79. The number of hydrogen-bond acceptors (Lipinski definition) is 7. The molecule has 0 aliphatic heterocycles. The third kappa shape index (κ3) is 3.92. The van der Waals surface area contributed by atoms with E-state index in [0.717, 1.165) is 0 Å². The predicted octanol–water partition coefficient (Wildman–Crippen LogP) is 3.39. The molecule has 8 heteroatoms. The lowest BCUT2D eigenvalue weighted by molar-refractivity contribution is 0.102. The molecule has 0 unspecified atom stereocenters. The van der Waals surface area contributed by atoms with E-state index in [0.29, 0.717) is 40.1 Å². The molecule has 0 radical (unpaired) electrons. The van der Waals surface area contributed by atoms with Gasteiger partial charge in [0.1, 0.15) is 23.1 Å². The van der Waals surface area contributed by atoms with Crippen molar-refractivity contribution in [3.63, 3.8) is 0 Å². The molecule has 8 nitrogen and oxygen atoms in total. The van der Waals surface area contributed by atoms with Crippen LogP contribution in [0.2, 0.25) is 0 Å². The van der Waals surface area contributed by atoms with Crippen molar-refractivity contribution in [2.24, 2.45) is 0 Å². The van der Waals surface area contributed by atoms with E-state index in [9.17, 15) is 4.79 Å². The average molecular weight is 354 g/mol. The van der Waals surface area contributed by atoms with Gasteiger partial charge in [0.15, 0.2) is 5.82 Å². The third-order valence-corrected chi connectivity index (χ3v) is 3.56. The molecule has 0 aliphatic carbocycles. The minimum absolute atomic E-state index is 0.314. The molecule has 134 valence electrons. The van der Waals surface area contributed by atoms with Crippen LogP contribution in [0.4, 0.5) is 17.3 Å². The first-order chi connectivity index (χ1) is 12.6. The zero-order valence-corrected chi connectivity index (χ0v) is 14.6.